The van der Waals surface area contributed by atoms with Gasteiger partial charge >= 0.3 is 0 Å². The summed E-state index contributed by atoms with van der Waals surface area (Å²) >= 11 is 0. The third-order valence-electron chi connectivity index (χ3n) is 7.13. The average Bonchev–Trinajstić information content (AvgIpc) is 3.19. The number of hydrogen-bond donors (Lipinski definition) is 1. The Morgan fingerprint density at radius 1 is 1.11 bits per heavy atom. The fourth-order valence-electron chi connectivity index (χ4n) is 5.21. The average molecular weight is 499 g/mol. The molecule has 0 spiro atoms. The number of rotatable bonds is 5. The van der Waals surface area contributed by atoms with Crippen LogP contribution in [0.15, 0.2) is 35.4 Å². The molecule has 0 saturated carbocycles. The third kappa shape index (κ3) is 5.05. The molecule has 2 aromatic rings. The van der Waals surface area contributed by atoms with Crippen LogP contribution < -0.4 is 10.2 Å². The molecule has 8 nitrogen and oxygen atoms in total. The second-order valence-electron chi connectivity index (χ2n) is 10.1. The van der Waals surface area contributed by atoms with Crippen molar-refractivity contribution in [2.75, 3.05) is 43.9 Å². The van der Waals surface area contributed by atoms with Gasteiger partial charge in [-0.2, -0.15) is 0 Å². The zero-order valence-corrected chi connectivity index (χ0v) is 21.9. The number of carbonyl (C=O) groups is 2. The number of pyridine rings is 1. The fraction of sp³-hybridized carbons (Fsp3) is 0.500. The number of amides is 2. The number of piperazine rings is 1. The van der Waals surface area contributed by atoms with Gasteiger partial charge in [0.25, 0.3) is 5.91 Å². The van der Waals surface area contributed by atoms with Crippen molar-refractivity contribution in [2.45, 2.75) is 38.5 Å². The first-order chi connectivity index (χ1) is 16.5. The molecule has 2 aliphatic rings. The Bertz CT molecular complexity index is 1250. The molecule has 2 amide bonds. The quantitative estimate of drug-likeness (QED) is 0.680. The van der Waals surface area contributed by atoms with Crippen LogP contribution >= 0.6 is 0 Å². The van der Waals surface area contributed by atoms with Crippen molar-refractivity contribution in [3.63, 3.8) is 0 Å². The second-order valence-corrected chi connectivity index (χ2v) is 12.1. The van der Waals surface area contributed by atoms with Gasteiger partial charge < -0.3 is 15.1 Å². The third-order valence-corrected chi connectivity index (χ3v) is 8.26. The van der Waals surface area contributed by atoms with E-state index in [0.717, 1.165) is 23.2 Å². The number of aromatic nitrogens is 1. The number of benzene rings is 1. The van der Waals surface area contributed by atoms with Crippen molar-refractivity contribution in [3.05, 3.63) is 52.7 Å². The number of anilines is 1. The van der Waals surface area contributed by atoms with Gasteiger partial charge in [0.2, 0.25) is 5.91 Å². The van der Waals surface area contributed by atoms with Gasteiger partial charge in [-0.15, -0.1) is 0 Å². The standard InChI is InChI=1S/C26H34N4O4S/c1-16(2)21-15-28-25(31)23(21)19-6-7-20(22(13-19)35(5,33)34)26(32)30-10-8-29(9-11-30)24-18(4)12-17(3)14-27-24/h6-7,12-14,16,21,23H,8-11,15H2,1-5H3,(H,28,31)/t21?,23-/m0/s1. The number of nitrogens with one attached hydrogen (secondary N) is 1. The zero-order valence-electron chi connectivity index (χ0n) is 21.0. The maximum absolute atomic E-state index is 13.4. The van der Waals surface area contributed by atoms with Crippen molar-refractivity contribution < 1.29 is 18.0 Å². The lowest BCUT2D eigenvalue weighted by Gasteiger charge is -2.36. The van der Waals surface area contributed by atoms with Crippen LogP contribution in [0.4, 0.5) is 5.82 Å². The van der Waals surface area contributed by atoms with Gasteiger partial charge in [-0.25, -0.2) is 13.4 Å². The molecular weight excluding hydrogens is 464 g/mol. The molecular formula is C26H34N4O4S. The van der Waals surface area contributed by atoms with Crippen LogP contribution in [0.1, 0.15) is 46.8 Å². The van der Waals surface area contributed by atoms with Crippen molar-refractivity contribution in [3.8, 4) is 0 Å². The SMILES string of the molecule is Cc1cnc(N2CCN(C(=O)c3ccc([C@@H]4C(=O)NCC4C(C)C)cc3S(C)(=O)=O)CC2)c(C)c1. The number of carbonyl (C=O) groups excluding carboxylic acids is 2. The van der Waals surface area contributed by atoms with E-state index >= 15 is 0 Å². The second kappa shape index (κ2) is 9.60. The maximum atomic E-state index is 13.4. The van der Waals surface area contributed by atoms with E-state index in [1.165, 1.54) is 6.07 Å². The molecule has 4 rings (SSSR count). The van der Waals surface area contributed by atoms with Gasteiger partial charge in [0.1, 0.15) is 5.82 Å². The highest BCUT2D eigenvalue weighted by Crippen LogP contribution is 2.36. The van der Waals surface area contributed by atoms with Gasteiger partial charge in [-0.1, -0.05) is 26.0 Å². The minimum atomic E-state index is -3.69. The Labute approximate surface area is 207 Å². The van der Waals surface area contributed by atoms with E-state index < -0.39 is 15.8 Å². The van der Waals surface area contributed by atoms with Crippen LogP contribution in [-0.4, -0.2) is 69.1 Å². The maximum Gasteiger partial charge on any atom is 0.255 e. The van der Waals surface area contributed by atoms with E-state index in [1.807, 2.05) is 20.0 Å². The molecule has 2 saturated heterocycles. The smallest absolute Gasteiger partial charge is 0.255 e. The topological polar surface area (TPSA) is 99.7 Å². The highest BCUT2D eigenvalue weighted by Gasteiger charge is 2.38. The first kappa shape index (κ1) is 25.2. The summed E-state index contributed by atoms with van der Waals surface area (Å²) in [6.07, 6.45) is 2.95. The Hall–Kier alpha value is -2.94. The molecule has 1 unspecified atom stereocenters. The van der Waals surface area contributed by atoms with Gasteiger partial charge in [0, 0.05) is 45.2 Å². The monoisotopic (exact) mass is 498 g/mol. The Balaban J connectivity index is 1.58. The molecule has 188 valence electrons. The minimum Gasteiger partial charge on any atom is -0.355 e. The van der Waals surface area contributed by atoms with E-state index in [4.69, 9.17) is 0 Å². The number of hydrogen-bond acceptors (Lipinski definition) is 6. The van der Waals surface area contributed by atoms with Gasteiger partial charge in [-0.05, 0) is 54.5 Å². The van der Waals surface area contributed by atoms with E-state index in [9.17, 15) is 18.0 Å². The zero-order chi connectivity index (χ0) is 25.5. The first-order valence-electron chi connectivity index (χ1n) is 12.1. The van der Waals surface area contributed by atoms with Gasteiger partial charge in [0.05, 0.1) is 16.4 Å². The molecule has 0 aliphatic carbocycles. The van der Waals surface area contributed by atoms with Crippen LogP contribution in [0, 0.1) is 25.7 Å². The largest absolute Gasteiger partial charge is 0.355 e. The first-order valence-corrected chi connectivity index (χ1v) is 14.0. The predicted molar refractivity (Wildman–Crippen MR) is 135 cm³/mol. The van der Waals surface area contributed by atoms with E-state index in [0.29, 0.717) is 38.3 Å². The number of sulfone groups is 1. The Morgan fingerprint density at radius 3 is 2.40 bits per heavy atom. The van der Waals surface area contributed by atoms with Crippen LogP contribution in [0.5, 0.6) is 0 Å². The van der Waals surface area contributed by atoms with Crippen LogP contribution in [0.25, 0.3) is 0 Å². The predicted octanol–water partition coefficient (Wildman–Crippen LogP) is 2.55. The van der Waals surface area contributed by atoms with Crippen LogP contribution in [0.2, 0.25) is 0 Å². The lowest BCUT2D eigenvalue weighted by Crippen LogP contribution is -2.49. The van der Waals surface area contributed by atoms with E-state index in [2.05, 4.69) is 35.1 Å². The summed E-state index contributed by atoms with van der Waals surface area (Å²) in [7, 11) is -3.69. The van der Waals surface area contributed by atoms with E-state index in [1.54, 1.807) is 17.0 Å². The Morgan fingerprint density at radius 2 is 1.80 bits per heavy atom. The normalized spacial score (nSPS) is 20.9. The molecule has 1 N–H and O–H groups in total. The molecule has 35 heavy (non-hydrogen) atoms. The van der Waals surface area contributed by atoms with E-state index in [-0.39, 0.29) is 34.1 Å². The van der Waals surface area contributed by atoms with Crippen LogP contribution in [0.3, 0.4) is 0 Å². The molecule has 2 atom stereocenters. The summed E-state index contributed by atoms with van der Waals surface area (Å²) in [5, 5.41) is 2.90. The van der Waals surface area contributed by atoms with Crippen molar-refractivity contribution >= 4 is 27.5 Å². The minimum absolute atomic E-state index is 0.0133. The molecule has 2 fully saturated rings. The van der Waals surface area contributed by atoms with Gasteiger partial charge in [-0.3, -0.25) is 9.59 Å². The molecule has 3 heterocycles. The number of aryl methyl sites for hydroxylation is 2. The van der Waals surface area contributed by atoms with Gasteiger partial charge in [0.15, 0.2) is 9.84 Å². The van der Waals surface area contributed by atoms with Crippen molar-refractivity contribution in [2.24, 2.45) is 11.8 Å². The highest BCUT2D eigenvalue weighted by molar-refractivity contribution is 7.90. The Kier molecular flexibility index (Phi) is 6.90. The van der Waals surface area contributed by atoms with Crippen molar-refractivity contribution in [1.82, 2.24) is 15.2 Å². The summed E-state index contributed by atoms with van der Waals surface area (Å²) < 4.78 is 25.4. The lowest BCUT2D eigenvalue weighted by atomic mass is 9.81. The van der Waals surface area contributed by atoms with Crippen molar-refractivity contribution in [1.29, 1.82) is 0 Å². The highest BCUT2D eigenvalue weighted by atomic mass is 32.2. The molecule has 1 aromatic heterocycles. The molecule has 2 aliphatic heterocycles. The summed E-state index contributed by atoms with van der Waals surface area (Å²) in [6, 6.07) is 6.94. The molecule has 1 aromatic carbocycles. The molecule has 0 bridgehead atoms. The lowest BCUT2D eigenvalue weighted by molar-refractivity contribution is -0.120. The summed E-state index contributed by atoms with van der Waals surface area (Å²) in [6.45, 7) is 10.9. The summed E-state index contributed by atoms with van der Waals surface area (Å²) in [5.74, 6) is 0.417. The molecule has 0 radical (unpaired) electrons. The number of nitrogens with zero attached hydrogens (tertiary/aromatic N) is 3. The molecule has 9 heteroatoms. The summed E-state index contributed by atoms with van der Waals surface area (Å²) in [4.78, 5) is 34.4. The fourth-order valence-corrected chi connectivity index (χ4v) is 6.11. The van der Waals surface area contributed by atoms with Crippen LogP contribution in [-0.2, 0) is 14.6 Å². The summed E-state index contributed by atoms with van der Waals surface area (Å²) in [5.41, 5.74) is 3.00.